The average Bonchev–Trinajstić information content (AvgIpc) is 2.93. The van der Waals surface area contributed by atoms with Crippen LogP contribution >= 0.6 is 0 Å². The number of hydrogen-bond acceptors (Lipinski definition) is 3. The zero-order chi connectivity index (χ0) is 13.5. The molecule has 1 unspecified atom stereocenters. The highest BCUT2D eigenvalue weighted by molar-refractivity contribution is 5.33. The molecule has 2 aromatic rings. The van der Waals surface area contributed by atoms with Gasteiger partial charge in [0.05, 0.1) is 11.8 Å². The van der Waals surface area contributed by atoms with Crippen molar-refractivity contribution in [3.05, 3.63) is 48.3 Å². The van der Waals surface area contributed by atoms with Crippen LogP contribution in [0.15, 0.2) is 42.7 Å². The van der Waals surface area contributed by atoms with Crippen molar-refractivity contribution < 1.29 is 5.11 Å². The van der Waals surface area contributed by atoms with E-state index in [9.17, 15) is 0 Å². The minimum atomic E-state index is -0.199. The molecule has 0 saturated heterocycles. The molecule has 0 bridgehead atoms. The van der Waals surface area contributed by atoms with Gasteiger partial charge in [-0.05, 0) is 50.1 Å². The third-order valence-electron chi connectivity index (χ3n) is 3.01. The summed E-state index contributed by atoms with van der Waals surface area (Å²) < 4.78 is 1.85. The number of hydrogen-bond donors (Lipinski definition) is 2. The summed E-state index contributed by atoms with van der Waals surface area (Å²) in [6.07, 6.45) is 5.37. The molecule has 2 N–H and O–H groups in total. The van der Waals surface area contributed by atoms with Crippen molar-refractivity contribution in [1.29, 1.82) is 0 Å². The molecule has 1 aromatic heterocycles. The second-order valence-corrected chi connectivity index (χ2v) is 4.79. The van der Waals surface area contributed by atoms with Crippen molar-refractivity contribution in [2.75, 3.05) is 6.54 Å². The van der Waals surface area contributed by atoms with E-state index in [1.165, 1.54) is 5.56 Å². The first-order chi connectivity index (χ1) is 9.25. The molecule has 0 spiro atoms. The minimum Gasteiger partial charge on any atom is -0.393 e. The van der Waals surface area contributed by atoms with Crippen LogP contribution in [-0.4, -0.2) is 27.5 Å². The van der Waals surface area contributed by atoms with Crippen molar-refractivity contribution in [3.8, 4) is 5.69 Å². The van der Waals surface area contributed by atoms with Gasteiger partial charge in [-0.2, -0.15) is 5.10 Å². The van der Waals surface area contributed by atoms with Crippen molar-refractivity contribution in [3.63, 3.8) is 0 Å². The summed E-state index contributed by atoms with van der Waals surface area (Å²) in [7, 11) is 0. The van der Waals surface area contributed by atoms with E-state index in [0.29, 0.717) is 0 Å². The Labute approximate surface area is 114 Å². The van der Waals surface area contributed by atoms with Gasteiger partial charge in [0.2, 0.25) is 0 Å². The third kappa shape index (κ3) is 4.50. The topological polar surface area (TPSA) is 50.1 Å². The van der Waals surface area contributed by atoms with Gasteiger partial charge < -0.3 is 10.4 Å². The first kappa shape index (κ1) is 13.8. The Hall–Kier alpha value is -1.65. The fourth-order valence-corrected chi connectivity index (χ4v) is 1.94. The normalized spacial score (nSPS) is 12.5. The number of nitrogens with zero attached hydrogens (tertiary/aromatic N) is 2. The molecule has 19 heavy (non-hydrogen) atoms. The lowest BCUT2D eigenvalue weighted by molar-refractivity contribution is 0.181. The van der Waals surface area contributed by atoms with Crippen LogP contribution in [-0.2, 0) is 6.54 Å². The first-order valence-corrected chi connectivity index (χ1v) is 6.73. The van der Waals surface area contributed by atoms with E-state index >= 15 is 0 Å². The van der Waals surface area contributed by atoms with Gasteiger partial charge in [0.25, 0.3) is 0 Å². The smallest absolute Gasteiger partial charge is 0.0645 e. The van der Waals surface area contributed by atoms with Crippen LogP contribution in [0.3, 0.4) is 0 Å². The van der Waals surface area contributed by atoms with Crippen molar-refractivity contribution >= 4 is 0 Å². The van der Waals surface area contributed by atoms with Crippen molar-refractivity contribution in [2.45, 2.75) is 32.4 Å². The van der Waals surface area contributed by atoms with E-state index in [-0.39, 0.29) is 6.10 Å². The van der Waals surface area contributed by atoms with Gasteiger partial charge in [-0.15, -0.1) is 0 Å². The highest BCUT2D eigenvalue weighted by Gasteiger charge is 1.98. The van der Waals surface area contributed by atoms with Crippen molar-refractivity contribution in [2.24, 2.45) is 0 Å². The first-order valence-electron chi connectivity index (χ1n) is 6.73. The number of benzene rings is 1. The third-order valence-corrected chi connectivity index (χ3v) is 3.01. The number of rotatable bonds is 7. The molecule has 1 heterocycles. The quantitative estimate of drug-likeness (QED) is 0.749. The molecule has 0 aliphatic carbocycles. The lowest BCUT2D eigenvalue weighted by Crippen LogP contribution is -2.16. The van der Waals surface area contributed by atoms with Gasteiger partial charge in [0, 0.05) is 18.9 Å². The van der Waals surface area contributed by atoms with Crippen LogP contribution in [0.5, 0.6) is 0 Å². The number of aliphatic hydroxyl groups is 1. The molecule has 2 rings (SSSR count). The van der Waals surface area contributed by atoms with Gasteiger partial charge in [-0.1, -0.05) is 12.1 Å². The van der Waals surface area contributed by atoms with Gasteiger partial charge in [-0.25, -0.2) is 4.68 Å². The number of aromatic nitrogens is 2. The highest BCUT2D eigenvalue weighted by atomic mass is 16.3. The van der Waals surface area contributed by atoms with Crippen LogP contribution in [0.4, 0.5) is 0 Å². The zero-order valence-corrected chi connectivity index (χ0v) is 11.3. The summed E-state index contributed by atoms with van der Waals surface area (Å²) in [5, 5.41) is 16.7. The lowest BCUT2D eigenvalue weighted by atomic mass is 10.2. The van der Waals surface area contributed by atoms with E-state index in [1.54, 1.807) is 6.20 Å². The molecular formula is C15H21N3O. The monoisotopic (exact) mass is 259 g/mol. The van der Waals surface area contributed by atoms with Gasteiger partial charge in [0.1, 0.15) is 0 Å². The Bertz CT molecular complexity index is 463. The van der Waals surface area contributed by atoms with Gasteiger partial charge in [-0.3, -0.25) is 0 Å². The number of nitrogens with one attached hydrogen (secondary N) is 1. The lowest BCUT2D eigenvalue weighted by Gasteiger charge is -2.07. The van der Waals surface area contributed by atoms with E-state index in [1.807, 2.05) is 23.9 Å². The molecule has 0 aliphatic heterocycles. The van der Waals surface area contributed by atoms with Gasteiger partial charge in [0.15, 0.2) is 0 Å². The van der Waals surface area contributed by atoms with Crippen LogP contribution in [0.2, 0.25) is 0 Å². The molecule has 4 nitrogen and oxygen atoms in total. The second kappa shape index (κ2) is 7.07. The molecule has 0 fully saturated rings. The molecular weight excluding hydrogens is 238 g/mol. The summed E-state index contributed by atoms with van der Waals surface area (Å²) in [5.41, 5.74) is 2.33. The summed E-state index contributed by atoms with van der Waals surface area (Å²) in [6, 6.07) is 10.3. The SMILES string of the molecule is CC(O)CCCNCc1ccc(-n2cccn2)cc1. The summed E-state index contributed by atoms with van der Waals surface area (Å²) in [6.45, 7) is 3.62. The predicted octanol–water partition coefficient (Wildman–Crippen LogP) is 2.12. The summed E-state index contributed by atoms with van der Waals surface area (Å²) in [5.74, 6) is 0. The molecule has 0 amide bonds. The maximum atomic E-state index is 9.15. The van der Waals surface area contributed by atoms with E-state index in [2.05, 4.69) is 34.7 Å². The van der Waals surface area contributed by atoms with Crippen molar-refractivity contribution in [1.82, 2.24) is 15.1 Å². The standard InChI is InChI=1S/C15H21N3O/c1-13(19)4-2-9-16-12-14-5-7-15(8-6-14)18-11-3-10-17-18/h3,5-8,10-11,13,16,19H,2,4,9,12H2,1H3. The average molecular weight is 259 g/mol. The van der Waals surface area contributed by atoms with Crippen LogP contribution in [0.25, 0.3) is 5.69 Å². The Balaban J connectivity index is 1.76. The summed E-state index contributed by atoms with van der Waals surface area (Å²) >= 11 is 0. The molecule has 0 aliphatic rings. The van der Waals surface area contributed by atoms with Gasteiger partial charge >= 0.3 is 0 Å². The molecule has 0 radical (unpaired) electrons. The molecule has 1 aromatic carbocycles. The van der Waals surface area contributed by atoms with E-state index < -0.39 is 0 Å². The molecule has 4 heteroatoms. The minimum absolute atomic E-state index is 0.199. The highest BCUT2D eigenvalue weighted by Crippen LogP contribution is 2.08. The summed E-state index contributed by atoms with van der Waals surface area (Å²) in [4.78, 5) is 0. The Morgan fingerprint density at radius 2 is 2.11 bits per heavy atom. The molecule has 1 atom stereocenters. The van der Waals surface area contributed by atoms with E-state index in [0.717, 1.165) is 31.6 Å². The predicted molar refractivity (Wildman–Crippen MR) is 76.2 cm³/mol. The van der Waals surface area contributed by atoms with Crippen LogP contribution in [0.1, 0.15) is 25.3 Å². The Kier molecular flexibility index (Phi) is 5.12. The largest absolute Gasteiger partial charge is 0.393 e. The second-order valence-electron chi connectivity index (χ2n) is 4.79. The zero-order valence-electron chi connectivity index (χ0n) is 11.3. The fourth-order valence-electron chi connectivity index (χ4n) is 1.94. The van der Waals surface area contributed by atoms with E-state index in [4.69, 9.17) is 5.11 Å². The molecule has 0 saturated carbocycles. The van der Waals surface area contributed by atoms with Crippen LogP contribution < -0.4 is 5.32 Å². The maximum Gasteiger partial charge on any atom is 0.0645 e. The fraction of sp³-hybridized carbons (Fsp3) is 0.400. The van der Waals surface area contributed by atoms with Crippen LogP contribution in [0, 0.1) is 0 Å². The number of aliphatic hydroxyl groups excluding tert-OH is 1. The Morgan fingerprint density at radius 3 is 2.74 bits per heavy atom. The molecule has 102 valence electrons. The maximum absolute atomic E-state index is 9.15. The Morgan fingerprint density at radius 1 is 1.32 bits per heavy atom.